The molecule has 736 valence electrons. The van der Waals surface area contributed by atoms with Gasteiger partial charge in [0, 0.05) is 78.6 Å². The summed E-state index contributed by atoms with van der Waals surface area (Å²) in [5.74, 6) is 1.99. The predicted molar refractivity (Wildman–Crippen MR) is 625 cm³/mol. The van der Waals surface area contributed by atoms with Crippen LogP contribution in [0.1, 0.15) is 170 Å². The molecule has 23 rings (SSSR count). The molecule has 0 saturated carbocycles. The van der Waals surface area contributed by atoms with E-state index in [1.165, 1.54) is 117 Å². The normalized spacial score (nSPS) is 19.0. The van der Waals surface area contributed by atoms with E-state index < -0.39 is 6.98 Å². The van der Waals surface area contributed by atoms with Gasteiger partial charge in [0.25, 0.3) is 0 Å². The fraction of sp³-hybridized carbons (Fsp3) is 0.301. The molecule has 2 aromatic heterocycles. The highest BCUT2D eigenvalue weighted by Gasteiger charge is 2.50. The van der Waals surface area contributed by atoms with E-state index >= 15 is 0 Å². The number of aromatic nitrogens is 2. The van der Waals surface area contributed by atoms with Gasteiger partial charge in [-0.15, -0.1) is 0 Å². The Balaban J connectivity index is 0.000000117. The SMILES string of the molecule is CB1c2ccccc2C(C(C)(C)C)=CN1N1c2ccccc2N(C)[C@@H]1C.CB1c2ccccc2C(C(C)(C)C)=CN1N1c2ccccc2N(c2ccccc2)[C@@H]1C.CB1c2ccccc2C(C(C)(C)C)=CN1N1c2cccnc2N(c2ccccc2)[C@@H]1C.CB1c2ccccc2C(C(C)(C)C)=CN1N1c2ncccc2N(c2ccccc2)[C@@H]1C.[2H]C([2H])([2H])N1c2ccccc2N(N2C=C(C(C)(C)C)c3ccccc3B2C)[C@H]1C. The number of hydrogen-bond acceptors (Lipinski definition) is 17. The molecule has 17 nitrogen and oxygen atoms in total. The van der Waals surface area contributed by atoms with Crippen LogP contribution in [0.25, 0.3) is 27.9 Å². The first kappa shape index (κ1) is 95.6. The largest absolute Gasteiger partial charge is 0.351 e. The number of fused-ring (bicyclic) bond motifs is 10. The number of benzene rings is 11. The minimum atomic E-state index is -2.21. The number of pyridine rings is 2. The second-order valence-electron chi connectivity index (χ2n) is 45.3. The van der Waals surface area contributed by atoms with E-state index in [1.54, 1.807) is 4.90 Å². The lowest BCUT2D eigenvalue weighted by molar-refractivity contribution is 0.456. The van der Waals surface area contributed by atoms with Gasteiger partial charge < -0.3 is 49.1 Å². The summed E-state index contributed by atoms with van der Waals surface area (Å²) in [5, 5.41) is 11.8. The molecule has 11 aromatic carbocycles. The summed E-state index contributed by atoms with van der Waals surface area (Å²) >= 11 is 0. The quantitative estimate of drug-likeness (QED) is 0.135. The maximum atomic E-state index is 8.10. The maximum absolute atomic E-state index is 8.10. The molecule has 0 unspecified atom stereocenters. The predicted octanol–water partition coefficient (Wildman–Crippen LogP) is 26.1. The maximum Gasteiger partial charge on any atom is 0.311 e. The lowest BCUT2D eigenvalue weighted by Crippen LogP contribution is -2.59. The van der Waals surface area contributed by atoms with Gasteiger partial charge in [0.15, 0.2) is 11.6 Å². The topological polar surface area (TPSA) is 74.4 Å². The molecule has 0 spiro atoms. The highest BCUT2D eigenvalue weighted by molar-refractivity contribution is 6.74. The molecule has 0 bridgehead atoms. The smallest absolute Gasteiger partial charge is 0.311 e. The molecule has 0 saturated heterocycles. The molecule has 0 N–H and O–H groups in total. The zero-order chi connectivity index (χ0) is 105. The van der Waals surface area contributed by atoms with Crippen LogP contribution in [-0.2, 0) is 0 Å². The lowest BCUT2D eigenvalue weighted by atomic mass is 9.53. The van der Waals surface area contributed by atoms with Gasteiger partial charge in [0.2, 0.25) is 0 Å². The van der Waals surface area contributed by atoms with Gasteiger partial charge in [-0.1, -0.05) is 350 Å². The van der Waals surface area contributed by atoms with E-state index in [2.05, 4.69) is 546 Å². The van der Waals surface area contributed by atoms with Crippen molar-refractivity contribution in [2.75, 3.05) is 63.6 Å². The molecule has 13 aromatic rings. The Morgan fingerprint density at radius 2 is 0.455 bits per heavy atom. The molecule has 5 atom stereocenters. The van der Waals surface area contributed by atoms with Crippen molar-refractivity contribution in [3.05, 3.63) is 381 Å². The highest BCUT2D eigenvalue weighted by atomic mass is 15.7. The van der Waals surface area contributed by atoms with Crippen molar-refractivity contribution >= 4 is 164 Å². The van der Waals surface area contributed by atoms with Gasteiger partial charge in [0.1, 0.15) is 36.5 Å². The molecule has 10 aliphatic heterocycles. The number of nitrogens with zero attached hydrogens (tertiary/aromatic N) is 17. The van der Waals surface area contributed by atoms with Gasteiger partial charge in [-0.2, -0.15) is 0 Å². The van der Waals surface area contributed by atoms with Gasteiger partial charge >= 0.3 is 34.2 Å². The Labute approximate surface area is 871 Å². The van der Waals surface area contributed by atoms with Crippen LogP contribution >= 0.6 is 0 Å². The molecular formula is C123H144B5N17. The molecule has 0 fully saturated rings. The molecule has 10 aliphatic rings. The molecule has 12 heterocycles. The minimum Gasteiger partial charge on any atom is -0.351 e. The number of anilines is 13. The van der Waals surface area contributed by atoms with Crippen molar-refractivity contribution in [3.8, 4) is 0 Å². The molecule has 0 aliphatic carbocycles. The van der Waals surface area contributed by atoms with E-state index in [1.807, 2.05) is 55.7 Å². The van der Waals surface area contributed by atoms with Gasteiger partial charge in [-0.25, -0.2) is 9.97 Å². The van der Waals surface area contributed by atoms with E-state index in [9.17, 15) is 0 Å². The third-order valence-electron chi connectivity index (χ3n) is 30.8. The summed E-state index contributed by atoms with van der Waals surface area (Å²) in [4.78, 5) is 32.6. The second kappa shape index (κ2) is 39.0. The van der Waals surface area contributed by atoms with Crippen LogP contribution in [0.5, 0.6) is 0 Å². The zero-order valence-corrected chi connectivity index (χ0v) is 89.9. The van der Waals surface area contributed by atoms with E-state index in [4.69, 9.17) is 14.1 Å². The van der Waals surface area contributed by atoms with Crippen LogP contribution in [0.15, 0.2) is 353 Å². The van der Waals surface area contributed by atoms with Crippen LogP contribution in [0.2, 0.25) is 34.1 Å². The summed E-state index contributed by atoms with van der Waals surface area (Å²) in [5.41, 5.74) is 33.0. The van der Waals surface area contributed by atoms with Crippen molar-refractivity contribution in [3.63, 3.8) is 0 Å². The van der Waals surface area contributed by atoms with Crippen molar-refractivity contribution in [2.24, 2.45) is 27.1 Å². The average molecular weight is 1920 g/mol. The molecule has 0 radical (unpaired) electrons. The number of allylic oxidation sites excluding steroid dienone is 5. The Bertz CT molecular complexity index is 6780. The van der Waals surface area contributed by atoms with E-state index in [0.717, 1.165) is 40.1 Å². The van der Waals surface area contributed by atoms with Crippen LogP contribution in [0, 0.1) is 27.1 Å². The van der Waals surface area contributed by atoms with Crippen molar-refractivity contribution in [1.29, 1.82) is 0 Å². The number of hydrogen-bond donors (Lipinski definition) is 0. The van der Waals surface area contributed by atoms with Gasteiger partial charge in [-0.05, 0) is 242 Å². The minimum absolute atomic E-state index is 0.0313. The zero-order valence-electron chi connectivity index (χ0n) is 92.9. The first-order valence-corrected chi connectivity index (χ1v) is 52.1. The van der Waals surface area contributed by atoms with Crippen LogP contribution in [0.3, 0.4) is 0 Å². The highest BCUT2D eigenvalue weighted by Crippen LogP contribution is 2.53. The van der Waals surface area contributed by atoms with Crippen LogP contribution in [-0.4, -0.2) is 114 Å². The first-order chi connectivity index (χ1) is 70.4. The van der Waals surface area contributed by atoms with Gasteiger partial charge in [-0.3, -0.25) is 25.0 Å². The Hall–Kier alpha value is -14.3. The Kier molecular flexibility index (Phi) is 25.7. The standard InChI is InChI=1S/C27H30BN3.2C26H29BN4.2C22H28BN3/c1-20-30(21-13-7-6-8-14-21)25-17-11-12-18-26(25)31(20)29-19-23(27(2,3)4)22-15-9-10-16-24(22)28(29)5;1-19-30(20-12-7-6-8-13-20)25-24(16-11-17-28-25)31(19)29-18-22(26(2,3)4)21-14-9-10-15-23(21)27(29)5;1-19-30(20-12-7-6-8-13-20)24-16-11-17-28-25(24)31(19)29-18-22(26(2,3)4)21-14-9-10-15-23(21)27(29)5;2*1-16-24(6)20-13-9-10-14-21(20)26(16)25-15-18(22(2,3)4)17-11-7-8-12-19(17)23(25)5/h6-20H,1-5H3;2*6-19H,1-5H3;2*7-16H,1-6H3/t20-;2*19-;2*16-/m00000/s1/i;;;6D3;. The van der Waals surface area contributed by atoms with Crippen molar-refractivity contribution in [1.82, 2.24) is 34.6 Å². The summed E-state index contributed by atoms with van der Waals surface area (Å²) in [6.07, 6.45) is 15.7. The Morgan fingerprint density at radius 3 is 0.793 bits per heavy atom. The third kappa shape index (κ3) is 18.1. The number of rotatable bonds is 8. The monoisotopic (exact) mass is 1920 g/mol. The second-order valence-corrected chi connectivity index (χ2v) is 45.3. The van der Waals surface area contributed by atoms with Crippen LogP contribution in [0.4, 0.5) is 74.2 Å². The lowest BCUT2D eigenvalue weighted by Gasteiger charge is -2.45. The molecule has 22 heteroatoms. The molecular weight excluding hydrogens is 1770 g/mol. The van der Waals surface area contributed by atoms with E-state index in [0.29, 0.717) is 6.85 Å². The van der Waals surface area contributed by atoms with Crippen molar-refractivity contribution < 1.29 is 4.11 Å². The van der Waals surface area contributed by atoms with E-state index in [-0.39, 0.29) is 85.3 Å². The van der Waals surface area contributed by atoms with Crippen molar-refractivity contribution in [2.45, 2.75) is 203 Å². The summed E-state index contributed by atoms with van der Waals surface area (Å²) in [6.45, 7) is 55.5. The number of hydrazine groups is 5. The summed E-state index contributed by atoms with van der Waals surface area (Å²) < 4.78 is 24.3. The first-order valence-electron chi connectivity index (χ1n) is 53.6. The summed E-state index contributed by atoms with van der Waals surface area (Å²) in [6, 6.07) is 109. The summed E-state index contributed by atoms with van der Waals surface area (Å²) in [7, 11) is 2.18. The Morgan fingerprint density at radius 1 is 0.228 bits per heavy atom. The van der Waals surface area contributed by atoms with Gasteiger partial charge in [0.05, 0.1) is 39.8 Å². The fourth-order valence-electron chi connectivity index (χ4n) is 23.2. The third-order valence-corrected chi connectivity index (χ3v) is 30.8. The fourth-order valence-corrected chi connectivity index (χ4v) is 23.2. The molecule has 145 heavy (non-hydrogen) atoms. The van der Waals surface area contributed by atoms with Crippen LogP contribution < -0.4 is 76.9 Å². The number of para-hydroxylation sites is 9. The molecule has 0 amide bonds. The average Bonchev–Trinajstić information content (AvgIpc) is 1.57.